The molecule has 0 unspecified atom stereocenters. The van der Waals surface area contributed by atoms with Gasteiger partial charge in [0, 0.05) is 43.2 Å². The molecule has 3 N–H and O–H groups in total. The van der Waals surface area contributed by atoms with Gasteiger partial charge in [0.1, 0.15) is 11.4 Å². The molecule has 22 heavy (non-hydrogen) atoms. The molecule has 0 radical (unpaired) electrons. The van der Waals surface area contributed by atoms with Gasteiger partial charge >= 0.3 is 0 Å². The third kappa shape index (κ3) is 2.46. The highest BCUT2D eigenvalue weighted by Gasteiger charge is 2.37. The summed E-state index contributed by atoms with van der Waals surface area (Å²) in [7, 11) is 1.63. The van der Waals surface area contributed by atoms with Crippen LogP contribution in [0.1, 0.15) is 12.8 Å². The summed E-state index contributed by atoms with van der Waals surface area (Å²) in [4.78, 5) is 17.8. The van der Waals surface area contributed by atoms with E-state index in [0.29, 0.717) is 25.9 Å². The second-order valence-electron chi connectivity index (χ2n) is 5.60. The lowest BCUT2D eigenvalue weighted by molar-refractivity contribution is -0.138. The molecule has 1 amide bonds. The number of nitrogens with zero attached hydrogens (tertiary/aromatic N) is 2. The van der Waals surface area contributed by atoms with Crippen LogP contribution in [0.4, 0.5) is 5.69 Å². The maximum atomic E-state index is 11.3. The van der Waals surface area contributed by atoms with E-state index in [0.717, 1.165) is 22.3 Å². The van der Waals surface area contributed by atoms with E-state index in [1.54, 1.807) is 13.3 Å². The monoisotopic (exact) mass is 301 g/mol. The van der Waals surface area contributed by atoms with Crippen molar-refractivity contribution in [3.05, 3.63) is 30.5 Å². The number of hydrogen-bond donors (Lipinski definition) is 2. The molecule has 6 nitrogen and oxygen atoms in total. The molecule has 1 fully saturated rings. The average Bonchev–Trinajstić information content (AvgIpc) is 2.54. The largest absolute Gasteiger partial charge is 0.497 e. The number of fused-ring (bicyclic) bond motifs is 1. The molecule has 6 heteroatoms. The molecule has 1 aromatic carbocycles. The molecule has 0 bridgehead atoms. The molecule has 1 saturated heterocycles. The lowest BCUT2D eigenvalue weighted by atomic mass is 9.90. The molecular formula is C16H19N3O3. The highest BCUT2D eigenvalue weighted by atomic mass is 16.5. The summed E-state index contributed by atoms with van der Waals surface area (Å²) in [5.74, 6) is 0.126. The van der Waals surface area contributed by atoms with Gasteiger partial charge in [0.05, 0.1) is 12.6 Å². The highest BCUT2D eigenvalue weighted by molar-refractivity contribution is 5.93. The van der Waals surface area contributed by atoms with Crippen molar-refractivity contribution >= 4 is 22.5 Å². The molecule has 0 saturated carbocycles. The third-order valence-electron chi connectivity index (χ3n) is 4.32. The summed E-state index contributed by atoms with van der Waals surface area (Å²) in [6.07, 6.45) is 2.42. The lowest BCUT2D eigenvalue weighted by Gasteiger charge is -2.37. The Kier molecular flexibility index (Phi) is 3.62. The van der Waals surface area contributed by atoms with Crippen molar-refractivity contribution in [1.82, 2.24) is 4.98 Å². The predicted octanol–water partition coefficient (Wildman–Crippen LogP) is 1.06. The van der Waals surface area contributed by atoms with E-state index >= 15 is 0 Å². The Morgan fingerprint density at radius 3 is 2.73 bits per heavy atom. The van der Waals surface area contributed by atoms with E-state index in [1.807, 2.05) is 24.3 Å². The van der Waals surface area contributed by atoms with Gasteiger partial charge in [-0.15, -0.1) is 0 Å². The van der Waals surface area contributed by atoms with Crippen LogP contribution in [0.25, 0.3) is 10.9 Å². The normalized spacial score (nSPS) is 17.5. The smallest absolute Gasteiger partial charge is 0.249 e. The quantitative estimate of drug-likeness (QED) is 0.885. The van der Waals surface area contributed by atoms with Crippen LogP contribution in [-0.2, 0) is 4.79 Å². The number of carbonyl (C=O) groups is 1. The molecular weight excluding hydrogens is 282 g/mol. The van der Waals surface area contributed by atoms with Gasteiger partial charge < -0.3 is 20.5 Å². The maximum Gasteiger partial charge on any atom is 0.249 e. The van der Waals surface area contributed by atoms with Gasteiger partial charge in [0.15, 0.2) is 0 Å². The van der Waals surface area contributed by atoms with Gasteiger partial charge in [-0.3, -0.25) is 9.78 Å². The van der Waals surface area contributed by atoms with Crippen molar-refractivity contribution in [3.63, 3.8) is 0 Å². The van der Waals surface area contributed by atoms with Crippen LogP contribution in [-0.4, -0.2) is 41.8 Å². The minimum atomic E-state index is -1.39. The number of carbonyl (C=O) groups excluding carboxylic acids is 1. The number of pyridine rings is 1. The van der Waals surface area contributed by atoms with Crippen molar-refractivity contribution in [2.24, 2.45) is 5.73 Å². The number of amides is 1. The van der Waals surface area contributed by atoms with Crippen molar-refractivity contribution in [1.29, 1.82) is 0 Å². The van der Waals surface area contributed by atoms with Gasteiger partial charge in [-0.25, -0.2) is 0 Å². The summed E-state index contributed by atoms with van der Waals surface area (Å²) in [6, 6.07) is 7.69. The van der Waals surface area contributed by atoms with Crippen LogP contribution in [0.2, 0.25) is 0 Å². The van der Waals surface area contributed by atoms with E-state index in [9.17, 15) is 9.90 Å². The second kappa shape index (κ2) is 5.46. The number of benzene rings is 1. The number of aromatic nitrogens is 1. The predicted molar refractivity (Wildman–Crippen MR) is 83.9 cm³/mol. The van der Waals surface area contributed by atoms with Crippen LogP contribution in [0.5, 0.6) is 5.75 Å². The van der Waals surface area contributed by atoms with E-state index in [-0.39, 0.29) is 0 Å². The zero-order valence-electron chi connectivity index (χ0n) is 12.5. The fourth-order valence-corrected chi connectivity index (χ4v) is 2.88. The first-order chi connectivity index (χ1) is 10.5. The number of methoxy groups -OCH3 is 1. The topological polar surface area (TPSA) is 88.7 Å². The molecule has 1 aliphatic heterocycles. The van der Waals surface area contributed by atoms with Gasteiger partial charge in [0.25, 0.3) is 0 Å². The standard InChI is InChI=1S/C16H19N3O3/c1-22-11-2-3-13-12(10-11)14(4-7-18-13)19-8-5-16(21,6-9-19)15(17)20/h2-4,7,10,21H,5-6,8-9H2,1H3,(H2,17,20). The van der Waals surface area contributed by atoms with E-state index in [1.165, 1.54) is 0 Å². The Balaban J connectivity index is 1.93. The number of primary amides is 1. The summed E-state index contributed by atoms with van der Waals surface area (Å²) >= 11 is 0. The first-order valence-corrected chi connectivity index (χ1v) is 7.23. The number of aliphatic hydroxyl groups is 1. The summed E-state index contributed by atoms with van der Waals surface area (Å²) < 4.78 is 5.28. The van der Waals surface area contributed by atoms with Gasteiger partial charge in [0.2, 0.25) is 5.91 Å². The molecule has 0 aliphatic carbocycles. The summed E-state index contributed by atoms with van der Waals surface area (Å²) in [5.41, 5.74) is 5.80. The Labute approximate surface area is 128 Å². The molecule has 0 spiro atoms. The lowest BCUT2D eigenvalue weighted by Crippen LogP contribution is -2.52. The van der Waals surface area contributed by atoms with Crippen molar-refractivity contribution < 1.29 is 14.6 Å². The van der Waals surface area contributed by atoms with E-state index in [4.69, 9.17) is 10.5 Å². The number of hydrogen-bond acceptors (Lipinski definition) is 5. The number of piperidine rings is 1. The SMILES string of the molecule is COc1ccc2nccc(N3CCC(O)(C(N)=O)CC3)c2c1. The number of rotatable bonds is 3. The first-order valence-electron chi connectivity index (χ1n) is 7.23. The fraction of sp³-hybridized carbons (Fsp3) is 0.375. The Morgan fingerprint density at radius 2 is 2.09 bits per heavy atom. The molecule has 1 aromatic heterocycles. The summed E-state index contributed by atoms with van der Waals surface area (Å²) in [5, 5.41) is 11.2. The van der Waals surface area contributed by atoms with Crippen LogP contribution in [0.3, 0.4) is 0 Å². The molecule has 3 rings (SSSR count). The van der Waals surface area contributed by atoms with Gasteiger partial charge in [-0.05, 0) is 24.3 Å². The summed E-state index contributed by atoms with van der Waals surface area (Å²) in [6.45, 7) is 1.13. The minimum Gasteiger partial charge on any atom is -0.497 e. The van der Waals surface area contributed by atoms with E-state index < -0.39 is 11.5 Å². The zero-order valence-corrected chi connectivity index (χ0v) is 12.5. The molecule has 116 valence electrons. The Morgan fingerprint density at radius 1 is 1.36 bits per heavy atom. The average molecular weight is 301 g/mol. The maximum absolute atomic E-state index is 11.3. The van der Waals surface area contributed by atoms with Gasteiger partial charge in [-0.1, -0.05) is 0 Å². The fourth-order valence-electron chi connectivity index (χ4n) is 2.88. The van der Waals surface area contributed by atoms with Crippen LogP contribution < -0.4 is 15.4 Å². The van der Waals surface area contributed by atoms with Crippen molar-refractivity contribution in [3.8, 4) is 5.75 Å². The van der Waals surface area contributed by atoms with Crippen LogP contribution >= 0.6 is 0 Å². The Hall–Kier alpha value is -2.34. The second-order valence-corrected chi connectivity index (χ2v) is 5.60. The third-order valence-corrected chi connectivity index (χ3v) is 4.32. The van der Waals surface area contributed by atoms with Crippen LogP contribution in [0.15, 0.2) is 30.5 Å². The first kappa shape index (κ1) is 14.6. The molecule has 1 aliphatic rings. The minimum absolute atomic E-state index is 0.329. The van der Waals surface area contributed by atoms with Crippen molar-refractivity contribution in [2.75, 3.05) is 25.1 Å². The molecule has 2 heterocycles. The number of anilines is 1. The molecule has 2 aromatic rings. The number of ether oxygens (including phenoxy) is 1. The zero-order chi connectivity index (χ0) is 15.7. The van der Waals surface area contributed by atoms with Crippen molar-refractivity contribution in [2.45, 2.75) is 18.4 Å². The molecule has 0 atom stereocenters. The van der Waals surface area contributed by atoms with E-state index in [2.05, 4.69) is 9.88 Å². The van der Waals surface area contributed by atoms with Crippen LogP contribution in [0, 0.1) is 0 Å². The highest BCUT2D eigenvalue weighted by Crippen LogP contribution is 2.32. The van der Waals surface area contributed by atoms with Gasteiger partial charge in [-0.2, -0.15) is 0 Å². The Bertz CT molecular complexity index is 709. The number of nitrogens with two attached hydrogens (primary N) is 1.